The molecule has 0 bridgehead atoms. The lowest BCUT2D eigenvalue weighted by Crippen LogP contribution is -2.39. The zero-order valence-corrected chi connectivity index (χ0v) is 13.1. The summed E-state index contributed by atoms with van der Waals surface area (Å²) in [5.74, 6) is 0. The highest BCUT2D eigenvalue weighted by molar-refractivity contribution is 5.65. The van der Waals surface area contributed by atoms with Gasteiger partial charge in [0.25, 0.3) is 5.69 Å². The van der Waals surface area contributed by atoms with Gasteiger partial charge < -0.3 is 10.1 Å². The van der Waals surface area contributed by atoms with Crippen LogP contribution in [0.4, 0.5) is 11.4 Å². The first-order valence-electron chi connectivity index (χ1n) is 7.13. The number of nitro groups is 1. The molecule has 1 heterocycles. The fraction of sp³-hybridized carbons (Fsp3) is 0.235. The molecule has 1 aromatic heterocycles. The Morgan fingerprint density at radius 2 is 1.65 bits per heavy atom. The topological polar surface area (TPSA) is 73.3 Å². The number of allylic oxidation sites excluding steroid dienone is 2. The lowest BCUT2D eigenvalue weighted by Gasteiger charge is -2.22. The maximum Gasteiger partial charge on any atom is 0.360 e. The van der Waals surface area contributed by atoms with Crippen molar-refractivity contribution < 1.29 is 9.65 Å². The van der Waals surface area contributed by atoms with Crippen molar-refractivity contribution in [1.82, 2.24) is 0 Å². The standard InChI is InChI=1S/C17H21N3O3/c1-5-9-14-13-16(18(11-7-3)12-8-4)17(20(22)23)15(10-6-2)19(14)21/h5-8,13H,1-4,9-12H2. The number of aromatic nitrogens is 1. The molecule has 0 unspecified atom stereocenters. The Balaban J connectivity index is 3.71. The second-order valence-electron chi connectivity index (χ2n) is 4.84. The maximum atomic E-state index is 12.4. The zero-order chi connectivity index (χ0) is 17.4. The molecular weight excluding hydrogens is 294 g/mol. The molecule has 122 valence electrons. The second-order valence-corrected chi connectivity index (χ2v) is 4.84. The van der Waals surface area contributed by atoms with Crippen molar-refractivity contribution in [2.24, 2.45) is 0 Å². The molecule has 0 amide bonds. The molecule has 23 heavy (non-hydrogen) atoms. The monoisotopic (exact) mass is 315 g/mol. The summed E-state index contributed by atoms with van der Waals surface area (Å²) in [6.07, 6.45) is 6.77. The van der Waals surface area contributed by atoms with Gasteiger partial charge in [0, 0.05) is 19.2 Å². The van der Waals surface area contributed by atoms with Crippen molar-refractivity contribution >= 4 is 11.4 Å². The molecule has 6 nitrogen and oxygen atoms in total. The number of hydrogen-bond acceptors (Lipinski definition) is 4. The molecule has 1 rings (SSSR count). The Kier molecular flexibility index (Phi) is 6.73. The predicted octanol–water partition coefficient (Wildman–Crippen LogP) is 2.86. The van der Waals surface area contributed by atoms with Crippen LogP contribution in [0.3, 0.4) is 0 Å². The van der Waals surface area contributed by atoms with Crippen molar-refractivity contribution in [3.05, 3.63) is 83.4 Å². The average Bonchev–Trinajstić information content (AvgIpc) is 2.50. The van der Waals surface area contributed by atoms with Crippen LogP contribution in [0.2, 0.25) is 0 Å². The van der Waals surface area contributed by atoms with Crippen LogP contribution >= 0.6 is 0 Å². The lowest BCUT2D eigenvalue weighted by molar-refractivity contribution is -0.625. The fourth-order valence-electron chi connectivity index (χ4n) is 2.33. The van der Waals surface area contributed by atoms with E-state index in [-0.39, 0.29) is 17.8 Å². The van der Waals surface area contributed by atoms with Gasteiger partial charge in [-0.3, -0.25) is 10.1 Å². The van der Waals surface area contributed by atoms with Gasteiger partial charge in [0.2, 0.25) is 0 Å². The van der Waals surface area contributed by atoms with Gasteiger partial charge in [-0.15, -0.1) is 26.3 Å². The van der Waals surface area contributed by atoms with Crippen LogP contribution in [0.25, 0.3) is 0 Å². The van der Waals surface area contributed by atoms with E-state index in [4.69, 9.17) is 0 Å². The second kappa shape index (κ2) is 8.53. The molecule has 0 aromatic carbocycles. The van der Waals surface area contributed by atoms with E-state index in [2.05, 4.69) is 26.3 Å². The van der Waals surface area contributed by atoms with Gasteiger partial charge >= 0.3 is 5.69 Å². The quantitative estimate of drug-likeness (QED) is 0.219. The molecule has 0 saturated heterocycles. The molecule has 0 aliphatic rings. The third-order valence-corrected chi connectivity index (χ3v) is 3.24. The van der Waals surface area contributed by atoms with E-state index in [1.54, 1.807) is 23.1 Å². The van der Waals surface area contributed by atoms with E-state index in [0.717, 1.165) is 0 Å². The van der Waals surface area contributed by atoms with E-state index in [9.17, 15) is 15.3 Å². The van der Waals surface area contributed by atoms with E-state index >= 15 is 0 Å². The Labute approximate surface area is 136 Å². The minimum atomic E-state index is -0.528. The first-order chi connectivity index (χ1) is 11.0. The third kappa shape index (κ3) is 4.06. The summed E-state index contributed by atoms with van der Waals surface area (Å²) in [5, 5.41) is 24.0. The summed E-state index contributed by atoms with van der Waals surface area (Å²) in [4.78, 5) is 12.8. The molecule has 0 radical (unpaired) electrons. The van der Waals surface area contributed by atoms with E-state index < -0.39 is 4.92 Å². The maximum absolute atomic E-state index is 12.4. The summed E-state index contributed by atoms with van der Waals surface area (Å²) < 4.78 is 0.602. The van der Waals surface area contributed by atoms with Crippen LogP contribution < -0.4 is 9.63 Å². The van der Waals surface area contributed by atoms with Gasteiger partial charge in [0.1, 0.15) is 5.69 Å². The number of pyridine rings is 1. The summed E-state index contributed by atoms with van der Waals surface area (Å²) in [6.45, 7) is 15.3. The van der Waals surface area contributed by atoms with Crippen LogP contribution in [-0.4, -0.2) is 18.0 Å². The van der Waals surface area contributed by atoms with E-state index in [1.807, 2.05) is 0 Å². The van der Waals surface area contributed by atoms with Gasteiger partial charge in [0.15, 0.2) is 5.69 Å². The van der Waals surface area contributed by atoms with Crippen molar-refractivity contribution in [3.8, 4) is 0 Å². The van der Waals surface area contributed by atoms with Crippen molar-refractivity contribution in [2.75, 3.05) is 18.0 Å². The largest absolute Gasteiger partial charge is 0.618 e. The number of nitrogens with zero attached hydrogens (tertiary/aromatic N) is 3. The number of hydrogen-bond donors (Lipinski definition) is 0. The van der Waals surface area contributed by atoms with E-state index in [0.29, 0.717) is 35.6 Å². The molecule has 0 saturated carbocycles. The molecule has 0 spiro atoms. The summed E-state index contributed by atoms with van der Waals surface area (Å²) >= 11 is 0. The molecule has 0 fully saturated rings. The molecule has 0 N–H and O–H groups in total. The molecule has 0 aliphatic carbocycles. The number of anilines is 1. The summed E-state index contributed by atoms with van der Waals surface area (Å²) in [5.41, 5.74) is 0.625. The minimum Gasteiger partial charge on any atom is -0.618 e. The van der Waals surface area contributed by atoms with E-state index in [1.165, 1.54) is 12.1 Å². The van der Waals surface area contributed by atoms with Crippen LogP contribution in [0, 0.1) is 15.3 Å². The van der Waals surface area contributed by atoms with Crippen LogP contribution in [0.1, 0.15) is 11.4 Å². The molecule has 1 aromatic rings. The van der Waals surface area contributed by atoms with Gasteiger partial charge in [-0.2, -0.15) is 4.73 Å². The zero-order valence-electron chi connectivity index (χ0n) is 13.1. The van der Waals surface area contributed by atoms with Gasteiger partial charge in [-0.05, 0) is 0 Å². The van der Waals surface area contributed by atoms with Crippen LogP contribution in [-0.2, 0) is 12.8 Å². The highest BCUT2D eigenvalue weighted by Crippen LogP contribution is 2.31. The Morgan fingerprint density at radius 1 is 1.09 bits per heavy atom. The van der Waals surface area contributed by atoms with Crippen LogP contribution in [0.5, 0.6) is 0 Å². The highest BCUT2D eigenvalue weighted by Gasteiger charge is 2.31. The first kappa shape index (κ1) is 18.2. The number of rotatable bonds is 10. The Hall–Kier alpha value is -2.89. The third-order valence-electron chi connectivity index (χ3n) is 3.24. The molecule has 6 heteroatoms. The van der Waals surface area contributed by atoms with Crippen molar-refractivity contribution in [2.45, 2.75) is 12.8 Å². The lowest BCUT2D eigenvalue weighted by atomic mass is 10.1. The van der Waals surface area contributed by atoms with Crippen molar-refractivity contribution in [3.63, 3.8) is 0 Å². The smallest absolute Gasteiger partial charge is 0.360 e. The Bertz CT molecular complexity index is 628. The van der Waals surface area contributed by atoms with Crippen molar-refractivity contribution in [1.29, 1.82) is 0 Å². The molecular formula is C17H21N3O3. The molecule has 0 aliphatic heterocycles. The van der Waals surface area contributed by atoms with Gasteiger partial charge in [-0.25, -0.2) is 0 Å². The Morgan fingerprint density at radius 3 is 2.09 bits per heavy atom. The SMILES string of the molecule is C=CCc1cc(N(CC=C)CC=C)c([N+](=O)[O-])c(CC=C)[n+]1[O-]. The molecule has 0 atom stereocenters. The first-order valence-corrected chi connectivity index (χ1v) is 7.13. The predicted molar refractivity (Wildman–Crippen MR) is 92.5 cm³/mol. The van der Waals surface area contributed by atoms with Gasteiger partial charge in [-0.1, -0.05) is 24.3 Å². The summed E-state index contributed by atoms with van der Waals surface area (Å²) in [6, 6.07) is 1.53. The highest BCUT2D eigenvalue weighted by atomic mass is 16.6. The van der Waals surface area contributed by atoms with Gasteiger partial charge in [0.05, 0.1) is 17.8 Å². The average molecular weight is 315 g/mol. The van der Waals surface area contributed by atoms with Crippen LogP contribution in [0.15, 0.2) is 56.7 Å². The minimum absolute atomic E-state index is 0.0671. The normalized spacial score (nSPS) is 9.91. The summed E-state index contributed by atoms with van der Waals surface area (Å²) in [7, 11) is 0. The fourth-order valence-corrected chi connectivity index (χ4v) is 2.33.